The molecular weight excluding hydrogens is 158 g/mol. The van der Waals surface area contributed by atoms with Crippen molar-refractivity contribution >= 4 is 0 Å². The van der Waals surface area contributed by atoms with Crippen LogP contribution in [0.3, 0.4) is 0 Å². The zero-order chi connectivity index (χ0) is 9.52. The number of nitrogens with zero attached hydrogens (tertiary/aromatic N) is 1. The van der Waals surface area contributed by atoms with E-state index in [4.69, 9.17) is 6.42 Å². The maximum Gasteiger partial charge on any atom is 0.00982 e. The van der Waals surface area contributed by atoms with Crippen LogP contribution in [0.15, 0.2) is 0 Å². The smallest absolute Gasteiger partial charge is 0.00982 e. The monoisotopic (exact) mass is 179 g/mol. The molecule has 0 spiro atoms. The van der Waals surface area contributed by atoms with Gasteiger partial charge in [0.1, 0.15) is 0 Å². The van der Waals surface area contributed by atoms with E-state index in [1.165, 1.54) is 45.3 Å². The summed E-state index contributed by atoms with van der Waals surface area (Å²) in [4.78, 5) is 2.57. The van der Waals surface area contributed by atoms with Gasteiger partial charge in [-0.2, -0.15) is 0 Å². The quantitative estimate of drug-likeness (QED) is 0.475. The van der Waals surface area contributed by atoms with Crippen molar-refractivity contribution in [3.8, 4) is 12.3 Å². The maximum absolute atomic E-state index is 5.23. The predicted molar refractivity (Wildman–Crippen MR) is 57.5 cm³/mol. The van der Waals surface area contributed by atoms with Crippen molar-refractivity contribution in [3.05, 3.63) is 0 Å². The highest BCUT2D eigenvalue weighted by Crippen LogP contribution is 2.16. The lowest BCUT2D eigenvalue weighted by Gasteiger charge is -2.18. The van der Waals surface area contributed by atoms with Gasteiger partial charge < -0.3 is 4.90 Å². The van der Waals surface area contributed by atoms with Gasteiger partial charge in [-0.05, 0) is 51.2 Å². The number of hydrogen-bond acceptors (Lipinski definition) is 1. The van der Waals surface area contributed by atoms with E-state index in [1.807, 2.05) is 0 Å². The first-order valence-corrected chi connectivity index (χ1v) is 5.48. The molecule has 13 heavy (non-hydrogen) atoms. The van der Waals surface area contributed by atoms with Crippen LogP contribution >= 0.6 is 0 Å². The fourth-order valence-electron chi connectivity index (χ4n) is 1.95. The summed E-state index contributed by atoms with van der Waals surface area (Å²) in [6, 6.07) is 0. The second-order valence-electron chi connectivity index (χ2n) is 4.19. The molecule has 1 nitrogen and oxygen atoms in total. The minimum absolute atomic E-state index is 0.928. The van der Waals surface area contributed by atoms with Crippen LogP contribution in [-0.4, -0.2) is 24.5 Å². The average Bonchev–Trinajstić information content (AvgIpc) is 2.32. The third kappa shape index (κ3) is 4.33. The molecule has 0 amide bonds. The van der Waals surface area contributed by atoms with Crippen LogP contribution in [0.1, 0.15) is 39.0 Å². The Bertz CT molecular complexity index is 168. The molecule has 1 saturated heterocycles. The van der Waals surface area contributed by atoms with E-state index in [0.29, 0.717) is 0 Å². The molecule has 0 aromatic heterocycles. The van der Waals surface area contributed by atoms with Crippen LogP contribution in [0.2, 0.25) is 0 Å². The van der Waals surface area contributed by atoms with Gasteiger partial charge in [-0.15, -0.1) is 12.3 Å². The van der Waals surface area contributed by atoms with Crippen molar-refractivity contribution in [3.63, 3.8) is 0 Å². The standard InChI is InChI=1S/C12H21N/c1-3-4-5-9-13-10-6-7-12(2)8-11-13/h1,12H,4-11H2,2H3. The summed E-state index contributed by atoms with van der Waals surface area (Å²) in [7, 11) is 0. The Morgan fingerprint density at radius 1 is 1.38 bits per heavy atom. The summed E-state index contributed by atoms with van der Waals surface area (Å²) < 4.78 is 0. The number of rotatable bonds is 3. The first kappa shape index (κ1) is 10.6. The van der Waals surface area contributed by atoms with E-state index in [1.54, 1.807) is 0 Å². The van der Waals surface area contributed by atoms with E-state index in [-0.39, 0.29) is 0 Å². The summed E-state index contributed by atoms with van der Waals surface area (Å²) in [5.74, 6) is 3.63. The largest absolute Gasteiger partial charge is 0.303 e. The van der Waals surface area contributed by atoms with Crippen LogP contribution < -0.4 is 0 Å². The second kappa shape index (κ2) is 6.05. The van der Waals surface area contributed by atoms with Crippen molar-refractivity contribution in [2.45, 2.75) is 39.0 Å². The van der Waals surface area contributed by atoms with Crippen LogP contribution in [0.5, 0.6) is 0 Å². The zero-order valence-electron chi connectivity index (χ0n) is 8.76. The highest BCUT2D eigenvalue weighted by atomic mass is 15.1. The Balaban J connectivity index is 2.15. The molecule has 0 radical (unpaired) electrons. The normalized spacial score (nSPS) is 25.1. The average molecular weight is 179 g/mol. The molecule has 1 heterocycles. The Kier molecular flexibility index (Phi) is 4.93. The molecule has 0 aliphatic carbocycles. The maximum atomic E-state index is 5.23. The topological polar surface area (TPSA) is 3.24 Å². The number of unbranched alkanes of at least 4 members (excludes halogenated alkanes) is 1. The third-order valence-corrected chi connectivity index (χ3v) is 2.90. The summed E-state index contributed by atoms with van der Waals surface area (Å²) >= 11 is 0. The highest BCUT2D eigenvalue weighted by molar-refractivity contribution is 4.83. The number of likely N-dealkylation sites (tertiary alicyclic amines) is 1. The molecule has 1 rings (SSSR count). The molecule has 0 aromatic rings. The minimum atomic E-state index is 0.928. The fourth-order valence-corrected chi connectivity index (χ4v) is 1.95. The van der Waals surface area contributed by atoms with Crippen molar-refractivity contribution in [1.82, 2.24) is 4.90 Å². The lowest BCUT2D eigenvalue weighted by Crippen LogP contribution is -2.25. The molecule has 1 aliphatic rings. The summed E-state index contributed by atoms with van der Waals surface area (Å²) in [6.07, 6.45) is 11.5. The predicted octanol–water partition coefficient (Wildman–Crippen LogP) is 2.52. The Hall–Kier alpha value is -0.480. The SMILES string of the molecule is C#CCCCN1CCCC(C)CC1. The van der Waals surface area contributed by atoms with Crippen molar-refractivity contribution in [1.29, 1.82) is 0 Å². The van der Waals surface area contributed by atoms with E-state index in [2.05, 4.69) is 17.7 Å². The van der Waals surface area contributed by atoms with Gasteiger partial charge in [0.05, 0.1) is 0 Å². The molecule has 0 aromatic carbocycles. The van der Waals surface area contributed by atoms with E-state index < -0.39 is 0 Å². The van der Waals surface area contributed by atoms with E-state index in [9.17, 15) is 0 Å². The number of hydrogen-bond donors (Lipinski definition) is 0. The van der Waals surface area contributed by atoms with Gasteiger partial charge in [-0.1, -0.05) is 6.92 Å². The van der Waals surface area contributed by atoms with Gasteiger partial charge in [0, 0.05) is 6.42 Å². The fraction of sp³-hybridized carbons (Fsp3) is 0.833. The molecule has 0 N–H and O–H groups in total. The second-order valence-corrected chi connectivity index (χ2v) is 4.19. The molecule has 1 atom stereocenters. The molecular formula is C12H21N. The Morgan fingerprint density at radius 2 is 2.23 bits per heavy atom. The summed E-state index contributed by atoms with van der Waals surface area (Å²) in [5.41, 5.74) is 0. The summed E-state index contributed by atoms with van der Waals surface area (Å²) in [5, 5.41) is 0. The van der Waals surface area contributed by atoms with Crippen molar-refractivity contribution in [2.75, 3.05) is 19.6 Å². The van der Waals surface area contributed by atoms with Gasteiger partial charge in [-0.3, -0.25) is 0 Å². The lowest BCUT2D eigenvalue weighted by molar-refractivity contribution is 0.279. The first-order chi connectivity index (χ1) is 6.33. The van der Waals surface area contributed by atoms with Crippen LogP contribution in [-0.2, 0) is 0 Å². The van der Waals surface area contributed by atoms with Gasteiger partial charge >= 0.3 is 0 Å². The molecule has 0 bridgehead atoms. The van der Waals surface area contributed by atoms with Crippen LogP contribution in [0.25, 0.3) is 0 Å². The number of terminal acetylenes is 1. The Labute approximate surface area is 82.5 Å². The van der Waals surface area contributed by atoms with E-state index >= 15 is 0 Å². The summed E-state index contributed by atoms with van der Waals surface area (Å²) in [6.45, 7) is 6.14. The third-order valence-electron chi connectivity index (χ3n) is 2.90. The minimum Gasteiger partial charge on any atom is -0.303 e. The zero-order valence-corrected chi connectivity index (χ0v) is 8.76. The molecule has 74 valence electrons. The Morgan fingerprint density at radius 3 is 3.00 bits per heavy atom. The molecule has 1 fully saturated rings. The van der Waals surface area contributed by atoms with E-state index in [0.717, 1.165) is 12.3 Å². The van der Waals surface area contributed by atoms with Gasteiger partial charge in [0.25, 0.3) is 0 Å². The molecule has 0 saturated carbocycles. The van der Waals surface area contributed by atoms with Crippen molar-refractivity contribution in [2.24, 2.45) is 5.92 Å². The molecule has 1 unspecified atom stereocenters. The first-order valence-electron chi connectivity index (χ1n) is 5.48. The van der Waals surface area contributed by atoms with Crippen LogP contribution in [0, 0.1) is 18.3 Å². The molecule has 1 heteroatoms. The van der Waals surface area contributed by atoms with Gasteiger partial charge in [0.2, 0.25) is 0 Å². The molecule has 1 aliphatic heterocycles. The van der Waals surface area contributed by atoms with Crippen molar-refractivity contribution < 1.29 is 0 Å². The van der Waals surface area contributed by atoms with Gasteiger partial charge in [0.15, 0.2) is 0 Å². The highest BCUT2D eigenvalue weighted by Gasteiger charge is 2.12. The van der Waals surface area contributed by atoms with Gasteiger partial charge in [-0.25, -0.2) is 0 Å². The van der Waals surface area contributed by atoms with Crippen LogP contribution in [0.4, 0.5) is 0 Å². The lowest BCUT2D eigenvalue weighted by atomic mass is 10.0.